The Labute approximate surface area is 121 Å². The van der Waals surface area contributed by atoms with Crippen molar-refractivity contribution in [3.8, 4) is 0 Å². The van der Waals surface area contributed by atoms with E-state index in [2.05, 4.69) is 5.32 Å². The van der Waals surface area contributed by atoms with Gasteiger partial charge >= 0.3 is 11.9 Å². The van der Waals surface area contributed by atoms with Crippen molar-refractivity contribution in [3.63, 3.8) is 0 Å². The van der Waals surface area contributed by atoms with E-state index in [9.17, 15) is 14.4 Å². The van der Waals surface area contributed by atoms with Crippen molar-refractivity contribution in [3.05, 3.63) is 41.5 Å². The second kappa shape index (κ2) is 6.21. The molecule has 110 valence electrons. The lowest BCUT2D eigenvalue weighted by molar-refractivity contribution is -0.141. The van der Waals surface area contributed by atoms with Gasteiger partial charge in [-0.15, -0.1) is 0 Å². The summed E-state index contributed by atoms with van der Waals surface area (Å²) in [6.07, 6.45) is 1.89. The first-order chi connectivity index (χ1) is 9.95. The molecule has 0 aliphatic carbocycles. The minimum Gasteiger partial charge on any atom is -0.460 e. The second-order valence-electron chi connectivity index (χ2n) is 4.76. The van der Waals surface area contributed by atoms with Crippen molar-refractivity contribution in [2.45, 2.75) is 26.6 Å². The van der Waals surface area contributed by atoms with Gasteiger partial charge in [0.25, 0.3) is 0 Å². The number of cyclic esters (lactones) is 1. The summed E-state index contributed by atoms with van der Waals surface area (Å²) in [6, 6.07) is 4.93. The summed E-state index contributed by atoms with van der Waals surface area (Å²) in [5, 5.41) is 2.56. The first-order valence-corrected chi connectivity index (χ1v) is 6.45. The zero-order valence-corrected chi connectivity index (χ0v) is 11.7. The Kier molecular flexibility index (Phi) is 4.37. The number of benzene rings is 1. The van der Waals surface area contributed by atoms with E-state index in [4.69, 9.17) is 9.47 Å². The summed E-state index contributed by atoms with van der Waals surface area (Å²) in [5.41, 5.74) is 1.68. The number of carbonyl (C=O) groups is 3. The molecule has 0 atom stereocenters. The molecule has 1 N–H and O–H groups in total. The molecular weight excluding hydrogens is 274 g/mol. The number of hydrogen-bond donors (Lipinski definition) is 1. The lowest BCUT2D eigenvalue weighted by atomic mass is 10.1. The van der Waals surface area contributed by atoms with Crippen LogP contribution in [0.15, 0.2) is 30.4 Å². The largest absolute Gasteiger partial charge is 0.460 e. The molecular formula is C15H15NO5. The number of hydrogen-bond acceptors (Lipinski definition) is 5. The molecule has 6 heteroatoms. The van der Waals surface area contributed by atoms with Crippen LogP contribution in [-0.2, 0) is 25.7 Å². The van der Waals surface area contributed by atoms with Crippen molar-refractivity contribution in [1.29, 1.82) is 0 Å². The predicted octanol–water partition coefficient (Wildman–Crippen LogP) is 1.80. The molecule has 21 heavy (non-hydrogen) atoms. The summed E-state index contributed by atoms with van der Waals surface area (Å²) >= 11 is 0. The van der Waals surface area contributed by atoms with Gasteiger partial charge in [-0.05, 0) is 26.0 Å². The predicted molar refractivity (Wildman–Crippen MR) is 74.6 cm³/mol. The van der Waals surface area contributed by atoms with Crippen molar-refractivity contribution in [1.82, 2.24) is 0 Å². The Hall–Kier alpha value is -2.63. The Morgan fingerprint density at radius 2 is 2.10 bits per heavy atom. The van der Waals surface area contributed by atoms with Gasteiger partial charge in [-0.2, -0.15) is 0 Å². The van der Waals surface area contributed by atoms with Gasteiger partial charge in [0.15, 0.2) is 0 Å². The number of anilines is 1. The van der Waals surface area contributed by atoms with Gasteiger partial charge in [0.2, 0.25) is 5.91 Å². The van der Waals surface area contributed by atoms with E-state index in [1.165, 1.54) is 0 Å². The smallest absolute Gasteiger partial charge is 0.338 e. The average molecular weight is 289 g/mol. The first-order valence-electron chi connectivity index (χ1n) is 6.45. The molecule has 2 rings (SSSR count). The Balaban J connectivity index is 1.97. The average Bonchev–Trinajstić information content (AvgIpc) is 2.77. The molecule has 0 bridgehead atoms. The van der Waals surface area contributed by atoms with Gasteiger partial charge in [0.1, 0.15) is 6.61 Å². The maximum Gasteiger partial charge on any atom is 0.338 e. The zero-order chi connectivity index (χ0) is 15.4. The number of rotatable bonds is 4. The highest BCUT2D eigenvalue weighted by atomic mass is 16.5. The maximum atomic E-state index is 11.7. The van der Waals surface area contributed by atoms with Crippen molar-refractivity contribution >= 4 is 23.5 Å². The third-order valence-corrected chi connectivity index (χ3v) is 2.68. The highest BCUT2D eigenvalue weighted by Crippen LogP contribution is 2.23. The van der Waals surface area contributed by atoms with E-state index in [0.717, 1.165) is 17.7 Å². The van der Waals surface area contributed by atoms with Crippen molar-refractivity contribution < 1.29 is 23.9 Å². The molecule has 1 heterocycles. The van der Waals surface area contributed by atoms with Crippen LogP contribution in [0.3, 0.4) is 0 Å². The van der Waals surface area contributed by atoms with Crippen LogP contribution < -0.4 is 5.32 Å². The molecule has 1 aliphatic heterocycles. The third kappa shape index (κ3) is 3.92. The summed E-state index contributed by atoms with van der Waals surface area (Å²) in [6.45, 7) is 3.69. The normalized spacial score (nSPS) is 13.2. The van der Waals surface area contributed by atoms with Gasteiger partial charge in [0.05, 0.1) is 11.7 Å². The van der Waals surface area contributed by atoms with E-state index in [1.54, 1.807) is 32.0 Å². The zero-order valence-electron chi connectivity index (χ0n) is 11.7. The fraction of sp³-hybridized carbons (Fsp3) is 0.267. The summed E-state index contributed by atoms with van der Waals surface area (Å²) in [5.74, 6) is -1.48. The number of amides is 1. The molecule has 0 radical (unpaired) electrons. The van der Waals surface area contributed by atoms with Crippen LogP contribution in [0.4, 0.5) is 5.69 Å². The molecule has 0 saturated heterocycles. The van der Waals surface area contributed by atoms with Crippen molar-refractivity contribution in [2.75, 3.05) is 5.32 Å². The van der Waals surface area contributed by atoms with Gasteiger partial charge in [0, 0.05) is 23.4 Å². The quantitative estimate of drug-likeness (QED) is 0.675. The molecule has 0 saturated carbocycles. The van der Waals surface area contributed by atoms with Gasteiger partial charge in [-0.3, -0.25) is 4.79 Å². The van der Waals surface area contributed by atoms with Crippen LogP contribution in [-0.4, -0.2) is 23.9 Å². The van der Waals surface area contributed by atoms with Gasteiger partial charge < -0.3 is 14.8 Å². The number of nitrogens with one attached hydrogen (secondary N) is 1. The number of ether oxygens (including phenoxy) is 2. The first kappa shape index (κ1) is 14.8. The summed E-state index contributed by atoms with van der Waals surface area (Å²) in [4.78, 5) is 34.3. The van der Waals surface area contributed by atoms with E-state index >= 15 is 0 Å². The van der Waals surface area contributed by atoms with Crippen LogP contribution in [0.5, 0.6) is 0 Å². The number of carbonyl (C=O) groups excluding carboxylic acids is 3. The Morgan fingerprint density at radius 1 is 1.33 bits per heavy atom. The van der Waals surface area contributed by atoms with E-state index in [1.807, 2.05) is 0 Å². The molecule has 1 aromatic carbocycles. The van der Waals surface area contributed by atoms with Gasteiger partial charge in [-0.1, -0.05) is 6.07 Å². The van der Waals surface area contributed by atoms with Crippen LogP contribution in [0.1, 0.15) is 29.8 Å². The molecule has 0 aromatic heterocycles. The summed E-state index contributed by atoms with van der Waals surface area (Å²) < 4.78 is 9.73. The van der Waals surface area contributed by atoms with Gasteiger partial charge in [-0.25, -0.2) is 9.59 Å². The lowest BCUT2D eigenvalue weighted by Gasteiger charge is -2.05. The topological polar surface area (TPSA) is 81.7 Å². The Bertz CT molecular complexity index is 618. The highest BCUT2D eigenvalue weighted by molar-refractivity contribution is 6.03. The monoisotopic (exact) mass is 289 g/mol. The minimum atomic E-state index is -0.585. The molecule has 1 aliphatic rings. The maximum absolute atomic E-state index is 11.7. The summed E-state index contributed by atoms with van der Waals surface area (Å²) in [7, 11) is 0. The molecule has 6 nitrogen and oxygen atoms in total. The lowest BCUT2D eigenvalue weighted by Crippen LogP contribution is -2.12. The molecule has 1 aromatic rings. The number of fused-ring (bicyclic) bond motifs is 1. The van der Waals surface area contributed by atoms with Crippen LogP contribution in [0, 0.1) is 0 Å². The van der Waals surface area contributed by atoms with Crippen LogP contribution in [0.2, 0.25) is 0 Å². The standard InChI is InChI=1S/C15H15NO5/c1-9(2)21-14(18)6-5-13(17)16-11-4-3-10-8-20-15(19)12(10)7-11/h3-7,9H,8H2,1-2H3,(H,16,17)/b6-5+. The number of esters is 2. The Morgan fingerprint density at radius 3 is 2.81 bits per heavy atom. The molecule has 0 spiro atoms. The van der Waals surface area contributed by atoms with E-state index in [0.29, 0.717) is 11.3 Å². The molecule has 1 amide bonds. The SMILES string of the molecule is CC(C)OC(=O)/C=C/C(=O)Nc1ccc2c(c1)C(=O)OC2. The van der Waals surface area contributed by atoms with E-state index < -0.39 is 17.8 Å². The second-order valence-corrected chi connectivity index (χ2v) is 4.76. The van der Waals surface area contributed by atoms with Crippen LogP contribution >= 0.6 is 0 Å². The van der Waals surface area contributed by atoms with Crippen LogP contribution in [0.25, 0.3) is 0 Å². The van der Waals surface area contributed by atoms with Crippen molar-refractivity contribution in [2.24, 2.45) is 0 Å². The molecule has 0 fully saturated rings. The highest BCUT2D eigenvalue weighted by Gasteiger charge is 2.21. The van der Waals surface area contributed by atoms with E-state index in [-0.39, 0.29) is 12.7 Å². The third-order valence-electron chi connectivity index (χ3n) is 2.68. The molecule has 0 unspecified atom stereocenters. The minimum absolute atomic E-state index is 0.243. The fourth-order valence-corrected chi connectivity index (χ4v) is 1.79. The fourth-order valence-electron chi connectivity index (χ4n) is 1.79.